The molecule has 0 spiro atoms. The first kappa shape index (κ1) is 8.27. The van der Waals surface area contributed by atoms with E-state index in [1.165, 1.54) is 0 Å². The van der Waals surface area contributed by atoms with Gasteiger partial charge in [-0.1, -0.05) is 19.1 Å². The molecule has 2 heteroatoms. The summed E-state index contributed by atoms with van der Waals surface area (Å²) < 4.78 is 0. The number of rotatable bonds is 0. The first-order valence-corrected chi connectivity index (χ1v) is 4.68. The topological polar surface area (TPSA) is 40.5 Å². The van der Waals surface area contributed by atoms with Crippen LogP contribution >= 0.6 is 0 Å². The molecule has 2 aliphatic rings. The van der Waals surface area contributed by atoms with E-state index >= 15 is 0 Å². The second-order valence-corrected chi connectivity index (χ2v) is 4.27. The Labute approximate surface area is 72.9 Å². The van der Waals surface area contributed by atoms with Crippen molar-refractivity contribution in [1.82, 2.24) is 0 Å². The molecule has 0 bridgehead atoms. The van der Waals surface area contributed by atoms with Gasteiger partial charge in [0.05, 0.1) is 12.2 Å². The standard InChI is InChI=1S/C10H16O2/c1-10-6-2-3-8(11)7(10)4-5-9(10)12/h2,6-9,11-12H,3-5H2,1H3/t7-,8-,9+,10+/m1/s1. The van der Waals surface area contributed by atoms with E-state index in [9.17, 15) is 10.2 Å². The van der Waals surface area contributed by atoms with Gasteiger partial charge in [0.15, 0.2) is 0 Å². The Morgan fingerprint density at radius 1 is 1.33 bits per heavy atom. The highest BCUT2D eigenvalue weighted by atomic mass is 16.3. The van der Waals surface area contributed by atoms with Gasteiger partial charge in [-0.25, -0.2) is 0 Å². The molecule has 12 heavy (non-hydrogen) atoms. The second kappa shape index (κ2) is 2.57. The number of aliphatic hydroxyl groups excluding tert-OH is 2. The van der Waals surface area contributed by atoms with Crippen LogP contribution in [0.4, 0.5) is 0 Å². The summed E-state index contributed by atoms with van der Waals surface area (Å²) in [5, 5.41) is 19.4. The lowest BCUT2D eigenvalue weighted by molar-refractivity contribution is 0.00985. The molecule has 0 aromatic carbocycles. The van der Waals surface area contributed by atoms with Crippen LogP contribution in [-0.2, 0) is 0 Å². The molecular weight excluding hydrogens is 152 g/mol. The van der Waals surface area contributed by atoms with Crippen molar-refractivity contribution in [2.45, 2.75) is 38.4 Å². The minimum absolute atomic E-state index is 0.155. The Kier molecular flexibility index (Phi) is 1.77. The van der Waals surface area contributed by atoms with E-state index < -0.39 is 0 Å². The van der Waals surface area contributed by atoms with Gasteiger partial charge >= 0.3 is 0 Å². The average Bonchev–Trinajstić information content (AvgIpc) is 2.30. The minimum Gasteiger partial charge on any atom is -0.392 e. The fourth-order valence-corrected chi connectivity index (χ4v) is 2.67. The Morgan fingerprint density at radius 2 is 2.08 bits per heavy atom. The first-order chi connectivity index (χ1) is 5.64. The van der Waals surface area contributed by atoms with Gasteiger partial charge in [-0.05, 0) is 25.2 Å². The summed E-state index contributed by atoms with van der Waals surface area (Å²) >= 11 is 0. The predicted molar refractivity (Wildman–Crippen MR) is 46.6 cm³/mol. The van der Waals surface area contributed by atoms with E-state index in [0.29, 0.717) is 0 Å². The zero-order valence-electron chi connectivity index (χ0n) is 7.40. The van der Waals surface area contributed by atoms with E-state index in [4.69, 9.17) is 0 Å². The minimum atomic E-state index is -0.256. The molecule has 0 amide bonds. The predicted octanol–water partition coefficient (Wildman–Crippen LogP) is 1.08. The summed E-state index contributed by atoms with van der Waals surface area (Å²) in [4.78, 5) is 0. The molecule has 2 rings (SSSR count). The van der Waals surface area contributed by atoms with Crippen LogP contribution < -0.4 is 0 Å². The van der Waals surface area contributed by atoms with Crippen molar-refractivity contribution in [1.29, 1.82) is 0 Å². The molecule has 68 valence electrons. The Morgan fingerprint density at radius 3 is 2.75 bits per heavy atom. The summed E-state index contributed by atoms with van der Waals surface area (Å²) in [6.45, 7) is 2.05. The molecule has 4 atom stereocenters. The third-order valence-corrected chi connectivity index (χ3v) is 3.59. The second-order valence-electron chi connectivity index (χ2n) is 4.27. The molecule has 0 saturated heterocycles. The normalized spacial score (nSPS) is 52.4. The Hall–Kier alpha value is -0.340. The highest BCUT2D eigenvalue weighted by Crippen LogP contribution is 2.48. The number of aliphatic hydroxyl groups is 2. The van der Waals surface area contributed by atoms with E-state index in [2.05, 4.69) is 6.08 Å². The van der Waals surface area contributed by atoms with Crippen LogP contribution in [-0.4, -0.2) is 22.4 Å². The van der Waals surface area contributed by atoms with Crippen LogP contribution in [0.15, 0.2) is 12.2 Å². The summed E-state index contributed by atoms with van der Waals surface area (Å²) in [5.74, 6) is 0.275. The highest BCUT2D eigenvalue weighted by molar-refractivity contribution is 5.14. The van der Waals surface area contributed by atoms with Crippen LogP contribution in [0.1, 0.15) is 26.2 Å². The fraction of sp³-hybridized carbons (Fsp3) is 0.800. The lowest BCUT2D eigenvalue weighted by atomic mass is 9.71. The molecule has 0 radical (unpaired) electrons. The van der Waals surface area contributed by atoms with Gasteiger partial charge in [0.2, 0.25) is 0 Å². The first-order valence-electron chi connectivity index (χ1n) is 4.68. The third kappa shape index (κ3) is 0.947. The summed E-state index contributed by atoms with van der Waals surface area (Å²) in [7, 11) is 0. The van der Waals surface area contributed by atoms with Crippen LogP contribution in [0.3, 0.4) is 0 Å². The van der Waals surface area contributed by atoms with Crippen molar-refractivity contribution in [3.8, 4) is 0 Å². The van der Waals surface area contributed by atoms with E-state index in [0.717, 1.165) is 19.3 Å². The Balaban J connectivity index is 2.31. The number of hydrogen-bond donors (Lipinski definition) is 2. The van der Waals surface area contributed by atoms with Gasteiger partial charge in [0.1, 0.15) is 0 Å². The van der Waals surface area contributed by atoms with E-state index in [1.807, 2.05) is 13.0 Å². The van der Waals surface area contributed by atoms with E-state index in [1.54, 1.807) is 0 Å². The molecule has 1 saturated carbocycles. The molecule has 0 aromatic rings. The smallest absolute Gasteiger partial charge is 0.0631 e. The van der Waals surface area contributed by atoms with Gasteiger partial charge in [0.25, 0.3) is 0 Å². The quantitative estimate of drug-likeness (QED) is 0.531. The zero-order valence-corrected chi connectivity index (χ0v) is 7.40. The molecule has 2 nitrogen and oxygen atoms in total. The van der Waals surface area contributed by atoms with Crippen molar-refractivity contribution in [2.24, 2.45) is 11.3 Å². The molecule has 0 unspecified atom stereocenters. The molecule has 0 aliphatic heterocycles. The van der Waals surface area contributed by atoms with Crippen molar-refractivity contribution in [3.63, 3.8) is 0 Å². The summed E-state index contributed by atoms with van der Waals surface area (Å²) in [5.41, 5.74) is -0.155. The van der Waals surface area contributed by atoms with Crippen molar-refractivity contribution in [3.05, 3.63) is 12.2 Å². The molecule has 1 fully saturated rings. The third-order valence-electron chi connectivity index (χ3n) is 3.59. The summed E-state index contributed by atoms with van der Waals surface area (Å²) in [6.07, 6.45) is 6.14. The van der Waals surface area contributed by atoms with Crippen molar-refractivity contribution in [2.75, 3.05) is 0 Å². The molecule has 0 heterocycles. The van der Waals surface area contributed by atoms with Gasteiger partial charge in [-0.3, -0.25) is 0 Å². The maximum atomic E-state index is 9.74. The monoisotopic (exact) mass is 168 g/mol. The summed E-state index contributed by atoms with van der Waals surface area (Å²) in [6, 6.07) is 0. The highest BCUT2D eigenvalue weighted by Gasteiger charge is 2.48. The largest absolute Gasteiger partial charge is 0.392 e. The van der Waals surface area contributed by atoms with Gasteiger partial charge in [0, 0.05) is 5.41 Å². The molecule has 2 N–H and O–H groups in total. The van der Waals surface area contributed by atoms with Crippen LogP contribution in [0.5, 0.6) is 0 Å². The SMILES string of the molecule is C[C@]12C=CC[C@@H](O)[C@H]1CC[C@@H]2O. The zero-order chi connectivity index (χ0) is 8.77. The van der Waals surface area contributed by atoms with E-state index in [-0.39, 0.29) is 23.5 Å². The lowest BCUT2D eigenvalue weighted by Gasteiger charge is -2.37. The molecular formula is C10H16O2. The van der Waals surface area contributed by atoms with Gasteiger partial charge in [-0.15, -0.1) is 0 Å². The number of hydrogen-bond acceptors (Lipinski definition) is 2. The maximum Gasteiger partial charge on any atom is 0.0631 e. The van der Waals surface area contributed by atoms with Crippen molar-refractivity contribution < 1.29 is 10.2 Å². The number of fused-ring (bicyclic) bond motifs is 1. The Bertz CT molecular complexity index is 212. The van der Waals surface area contributed by atoms with Crippen LogP contribution in [0, 0.1) is 11.3 Å². The van der Waals surface area contributed by atoms with Crippen LogP contribution in [0.25, 0.3) is 0 Å². The lowest BCUT2D eigenvalue weighted by Crippen LogP contribution is -2.38. The van der Waals surface area contributed by atoms with Crippen molar-refractivity contribution >= 4 is 0 Å². The fourth-order valence-electron chi connectivity index (χ4n) is 2.67. The van der Waals surface area contributed by atoms with Crippen LogP contribution in [0.2, 0.25) is 0 Å². The maximum absolute atomic E-state index is 9.74. The molecule has 0 aromatic heterocycles. The van der Waals surface area contributed by atoms with Gasteiger partial charge in [-0.2, -0.15) is 0 Å². The average molecular weight is 168 g/mol. The molecule has 2 aliphatic carbocycles. The van der Waals surface area contributed by atoms with Gasteiger partial charge < -0.3 is 10.2 Å².